The van der Waals surface area contributed by atoms with Crippen LogP contribution in [-0.2, 0) is 6.54 Å². The molecule has 1 aromatic heterocycles. The van der Waals surface area contributed by atoms with Crippen LogP contribution in [0.25, 0.3) is 0 Å². The second-order valence-corrected chi connectivity index (χ2v) is 5.95. The number of hydrogen-bond donors (Lipinski definition) is 1. The molecule has 1 unspecified atom stereocenters. The Labute approximate surface area is 109 Å². The van der Waals surface area contributed by atoms with E-state index in [1.807, 2.05) is 6.07 Å². The van der Waals surface area contributed by atoms with Crippen molar-refractivity contribution in [3.63, 3.8) is 0 Å². The SMILES string of the molecule is CC1CNC2(CCCCC2)CN1Cc1ccno1. The molecule has 0 bridgehead atoms. The molecule has 4 nitrogen and oxygen atoms in total. The van der Waals surface area contributed by atoms with E-state index in [1.54, 1.807) is 6.20 Å². The molecule has 0 amide bonds. The van der Waals surface area contributed by atoms with E-state index in [9.17, 15) is 0 Å². The molecule has 2 fully saturated rings. The van der Waals surface area contributed by atoms with Gasteiger partial charge >= 0.3 is 0 Å². The molecule has 3 rings (SSSR count). The highest BCUT2D eigenvalue weighted by Gasteiger charge is 2.38. The van der Waals surface area contributed by atoms with Crippen molar-refractivity contribution in [1.82, 2.24) is 15.4 Å². The van der Waals surface area contributed by atoms with E-state index in [1.165, 1.54) is 32.1 Å². The third kappa shape index (κ3) is 2.45. The van der Waals surface area contributed by atoms with Crippen molar-refractivity contribution in [2.45, 2.75) is 57.2 Å². The molecule has 1 atom stereocenters. The molecule has 1 N–H and O–H groups in total. The van der Waals surface area contributed by atoms with Gasteiger partial charge in [-0.1, -0.05) is 24.4 Å². The summed E-state index contributed by atoms with van der Waals surface area (Å²) in [5, 5.41) is 7.61. The Bertz CT molecular complexity index is 370. The topological polar surface area (TPSA) is 41.3 Å². The van der Waals surface area contributed by atoms with Gasteiger partial charge in [0.15, 0.2) is 5.76 Å². The lowest BCUT2D eigenvalue weighted by Crippen LogP contribution is -2.63. The smallest absolute Gasteiger partial charge is 0.150 e. The zero-order chi connectivity index (χ0) is 12.4. The lowest BCUT2D eigenvalue weighted by molar-refractivity contribution is 0.0512. The van der Waals surface area contributed by atoms with Gasteiger partial charge in [-0.2, -0.15) is 0 Å². The fourth-order valence-corrected chi connectivity index (χ4v) is 3.39. The first-order chi connectivity index (χ1) is 8.77. The van der Waals surface area contributed by atoms with Crippen LogP contribution in [-0.4, -0.2) is 34.7 Å². The summed E-state index contributed by atoms with van der Waals surface area (Å²) in [5.74, 6) is 0.981. The first-order valence-corrected chi connectivity index (χ1v) is 7.16. The van der Waals surface area contributed by atoms with Crippen molar-refractivity contribution < 1.29 is 4.52 Å². The third-order valence-electron chi connectivity index (χ3n) is 4.56. The largest absolute Gasteiger partial charge is 0.360 e. The number of nitrogens with one attached hydrogen (secondary N) is 1. The van der Waals surface area contributed by atoms with Crippen molar-refractivity contribution >= 4 is 0 Å². The summed E-state index contributed by atoms with van der Waals surface area (Å²) < 4.78 is 5.25. The van der Waals surface area contributed by atoms with Gasteiger partial charge in [-0.05, 0) is 19.8 Å². The van der Waals surface area contributed by atoms with Gasteiger partial charge in [0.25, 0.3) is 0 Å². The first kappa shape index (κ1) is 12.2. The lowest BCUT2D eigenvalue weighted by Gasteiger charge is -2.48. The molecule has 1 saturated carbocycles. The van der Waals surface area contributed by atoms with Crippen LogP contribution in [0.15, 0.2) is 16.8 Å². The average Bonchev–Trinajstić information content (AvgIpc) is 2.88. The van der Waals surface area contributed by atoms with Gasteiger partial charge in [-0.3, -0.25) is 4.90 Å². The Morgan fingerprint density at radius 1 is 1.44 bits per heavy atom. The average molecular weight is 249 g/mol. The summed E-state index contributed by atoms with van der Waals surface area (Å²) in [6, 6.07) is 2.55. The Hall–Kier alpha value is -0.870. The van der Waals surface area contributed by atoms with Crippen LogP contribution in [0.4, 0.5) is 0 Å². The van der Waals surface area contributed by atoms with Gasteiger partial charge in [-0.15, -0.1) is 0 Å². The van der Waals surface area contributed by atoms with E-state index >= 15 is 0 Å². The predicted molar refractivity (Wildman–Crippen MR) is 70.2 cm³/mol. The van der Waals surface area contributed by atoms with Crippen molar-refractivity contribution in [1.29, 1.82) is 0 Å². The molecule has 2 heterocycles. The van der Waals surface area contributed by atoms with Crippen LogP contribution in [0, 0.1) is 0 Å². The number of rotatable bonds is 2. The van der Waals surface area contributed by atoms with Crippen LogP contribution in [0.3, 0.4) is 0 Å². The molecule has 100 valence electrons. The fourth-order valence-electron chi connectivity index (χ4n) is 3.39. The van der Waals surface area contributed by atoms with E-state index in [-0.39, 0.29) is 0 Å². The third-order valence-corrected chi connectivity index (χ3v) is 4.56. The molecular weight excluding hydrogens is 226 g/mol. The van der Waals surface area contributed by atoms with Crippen molar-refractivity contribution in [2.24, 2.45) is 0 Å². The highest BCUT2D eigenvalue weighted by Crippen LogP contribution is 2.32. The molecule has 1 aliphatic heterocycles. The van der Waals surface area contributed by atoms with Gasteiger partial charge in [0.05, 0.1) is 12.7 Å². The molecule has 4 heteroatoms. The summed E-state index contributed by atoms with van der Waals surface area (Å²) in [7, 11) is 0. The Balaban J connectivity index is 1.68. The van der Waals surface area contributed by atoms with Gasteiger partial charge in [-0.25, -0.2) is 0 Å². The van der Waals surface area contributed by atoms with E-state index in [4.69, 9.17) is 4.52 Å². The minimum Gasteiger partial charge on any atom is -0.360 e. The first-order valence-electron chi connectivity index (χ1n) is 7.16. The second-order valence-electron chi connectivity index (χ2n) is 5.95. The highest BCUT2D eigenvalue weighted by molar-refractivity contribution is 5.01. The summed E-state index contributed by atoms with van der Waals surface area (Å²) >= 11 is 0. The van der Waals surface area contributed by atoms with Crippen LogP contribution in [0.2, 0.25) is 0 Å². The van der Waals surface area contributed by atoms with E-state index in [2.05, 4.69) is 22.3 Å². The Morgan fingerprint density at radius 3 is 3.00 bits per heavy atom. The van der Waals surface area contributed by atoms with Gasteiger partial charge in [0.1, 0.15) is 0 Å². The molecule has 18 heavy (non-hydrogen) atoms. The van der Waals surface area contributed by atoms with Gasteiger partial charge < -0.3 is 9.84 Å². The summed E-state index contributed by atoms with van der Waals surface area (Å²) in [4.78, 5) is 2.54. The zero-order valence-corrected chi connectivity index (χ0v) is 11.2. The number of nitrogens with zero attached hydrogens (tertiary/aromatic N) is 2. The zero-order valence-electron chi connectivity index (χ0n) is 11.2. The van der Waals surface area contributed by atoms with Crippen molar-refractivity contribution in [2.75, 3.05) is 13.1 Å². The normalized spacial score (nSPS) is 28.6. The van der Waals surface area contributed by atoms with Gasteiger partial charge in [0, 0.05) is 30.7 Å². The maximum absolute atomic E-state index is 5.25. The van der Waals surface area contributed by atoms with Crippen LogP contribution < -0.4 is 5.32 Å². The minimum absolute atomic E-state index is 0.366. The van der Waals surface area contributed by atoms with Crippen LogP contribution in [0.1, 0.15) is 44.8 Å². The molecule has 2 aliphatic rings. The quantitative estimate of drug-likeness (QED) is 0.872. The monoisotopic (exact) mass is 249 g/mol. The number of aromatic nitrogens is 1. The van der Waals surface area contributed by atoms with Crippen molar-refractivity contribution in [3.8, 4) is 0 Å². The maximum atomic E-state index is 5.25. The summed E-state index contributed by atoms with van der Waals surface area (Å²) in [6.07, 6.45) is 8.54. The van der Waals surface area contributed by atoms with Crippen LogP contribution in [0.5, 0.6) is 0 Å². The van der Waals surface area contributed by atoms with E-state index < -0.39 is 0 Å². The second kappa shape index (κ2) is 5.02. The van der Waals surface area contributed by atoms with E-state index in [0.29, 0.717) is 11.6 Å². The lowest BCUT2D eigenvalue weighted by atomic mass is 9.79. The molecule has 1 aliphatic carbocycles. The Morgan fingerprint density at radius 2 is 2.28 bits per heavy atom. The predicted octanol–water partition coefficient (Wildman–Crippen LogP) is 2.17. The molecule has 0 aromatic carbocycles. The molecule has 1 spiro atoms. The molecule has 1 aromatic rings. The van der Waals surface area contributed by atoms with E-state index in [0.717, 1.165) is 25.4 Å². The molecular formula is C14H23N3O. The summed E-state index contributed by atoms with van der Waals surface area (Å²) in [6.45, 7) is 5.42. The summed E-state index contributed by atoms with van der Waals surface area (Å²) in [5.41, 5.74) is 0.366. The fraction of sp³-hybridized carbons (Fsp3) is 0.786. The Kier molecular flexibility index (Phi) is 3.39. The molecule has 0 radical (unpaired) electrons. The standard InChI is InChI=1S/C14H23N3O/c1-12-9-15-14(6-3-2-4-7-14)11-17(12)10-13-5-8-16-18-13/h5,8,12,15H,2-4,6-7,9-11H2,1H3. The van der Waals surface area contributed by atoms with Crippen molar-refractivity contribution in [3.05, 3.63) is 18.0 Å². The maximum Gasteiger partial charge on any atom is 0.150 e. The molecule has 1 saturated heterocycles. The van der Waals surface area contributed by atoms with Gasteiger partial charge in [0.2, 0.25) is 0 Å². The number of piperazine rings is 1. The highest BCUT2D eigenvalue weighted by atomic mass is 16.5. The minimum atomic E-state index is 0.366. The van der Waals surface area contributed by atoms with Crippen LogP contribution >= 0.6 is 0 Å². The number of hydrogen-bond acceptors (Lipinski definition) is 4.